The van der Waals surface area contributed by atoms with Crippen molar-refractivity contribution in [1.82, 2.24) is 14.9 Å². The van der Waals surface area contributed by atoms with Crippen LogP contribution in [0.1, 0.15) is 11.4 Å². The fraction of sp³-hybridized carbons (Fsp3) is 0.176. The average Bonchev–Trinajstić information content (AvgIpc) is 2.99. The number of rotatable bonds is 7. The Bertz CT molecular complexity index is 839. The van der Waals surface area contributed by atoms with Gasteiger partial charge in [0.05, 0.1) is 7.11 Å². The first-order valence-corrected chi connectivity index (χ1v) is 8.48. The number of halogens is 1. The molecule has 0 radical (unpaired) electrons. The molecule has 6 nitrogen and oxygen atoms in total. The minimum Gasteiger partial charge on any atom is -0.497 e. The molecule has 0 aliphatic rings. The number of ether oxygens (including phenoxy) is 2. The van der Waals surface area contributed by atoms with Crippen LogP contribution in [0.3, 0.4) is 0 Å². The molecule has 0 bridgehead atoms. The number of nitrogens with zero attached hydrogens (tertiary/aromatic N) is 3. The van der Waals surface area contributed by atoms with E-state index in [1.165, 1.54) is 28.6 Å². The minimum atomic E-state index is -0.314. The highest BCUT2D eigenvalue weighted by atomic mass is 32.2. The van der Waals surface area contributed by atoms with Gasteiger partial charge >= 0.3 is 0 Å². The van der Waals surface area contributed by atoms with Crippen LogP contribution in [0.2, 0.25) is 0 Å². The van der Waals surface area contributed by atoms with Gasteiger partial charge in [0, 0.05) is 5.75 Å². The molecular weight excluding hydrogens is 343 g/mol. The van der Waals surface area contributed by atoms with Crippen LogP contribution < -0.4 is 15.3 Å². The summed E-state index contributed by atoms with van der Waals surface area (Å²) in [5.74, 6) is 8.22. The predicted octanol–water partition coefficient (Wildman–Crippen LogP) is 3.01. The molecule has 3 rings (SSSR count). The molecule has 0 spiro atoms. The first-order chi connectivity index (χ1) is 12.2. The van der Waals surface area contributed by atoms with Gasteiger partial charge in [-0.3, -0.25) is 0 Å². The maximum Gasteiger partial charge on any atom is 0.210 e. The number of methoxy groups -OCH3 is 1. The highest BCUT2D eigenvalue weighted by Crippen LogP contribution is 2.23. The second kappa shape index (κ2) is 7.89. The van der Waals surface area contributed by atoms with Crippen LogP contribution in [0.5, 0.6) is 11.5 Å². The molecule has 1 heterocycles. The molecule has 0 aliphatic heterocycles. The quantitative estimate of drug-likeness (QED) is 0.516. The predicted molar refractivity (Wildman–Crippen MR) is 93.5 cm³/mol. The maximum atomic E-state index is 12.9. The average molecular weight is 360 g/mol. The number of nitrogen functional groups attached to an aromatic ring is 1. The Morgan fingerprint density at radius 3 is 2.68 bits per heavy atom. The summed E-state index contributed by atoms with van der Waals surface area (Å²) in [7, 11) is 1.64. The number of hydrogen-bond acceptors (Lipinski definition) is 6. The van der Waals surface area contributed by atoms with Crippen LogP contribution >= 0.6 is 11.8 Å². The van der Waals surface area contributed by atoms with Gasteiger partial charge < -0.3 is 15.3 Å². The highest BCUT2D eigenvalue weighted by molar-refractivity contribution is 7.98. The van der Waals surface area contributed by atoms with Crippen molar-refractivity contribution in [2.45, 2.75) is 17.5 Å². The van der Waals surface area contributed by atoms with Crippen molar-refractivity contribution in [2.24, 2.45) is 0 Å². The van der Waals surface area contributed by atoms with Crippen molar-refractivity contribution >= 4 is 11.8 Å². The van der Waals surface area contributed by atoms with E-state index < -0.39 is 0 Å². The third-order valence-electron chi connectivity index (χ3n) is 3.42. The molecule has 2 N–H and O–H groups in total. The topological polar surface area (TPSA) is 75.2 Å². The van der Waals surface area contributed by atoms with E-state index in [1.807, 2.05) is 24.3 Å². The molecule has 0 amide bonds. The highest BCUT2D eigenvalue weighted by Gasteiger charge is 2.11. The largest absolute Gasteiger partial charge is 0.497 e. The standard InChI is InChI=1S/C17H17FN4O2S/c1-23-15-4-2-3-12(9-15)11-25-17-21-20-16(22(17)19)10-24-14-7-5-13(18)6-8-14/h2-9H,10-11,19H2,1H3. The van der Waals surface area contributed by atoms with E-state index in [9.17, 15) is 4.39 Å². The van der Waals surface area contributed by atoms with E-state index in [-0.39, 0.29) is 12.4 Å². The van der Waals surface area contributed by atoms with Gasteiger partial charge in [0.1, 0.15) is 23.9 Å². The van der Waals surface area contributed by atoms with Crippen LogP contribution in [0.15, 0.2) is 53.7 Å². The molecule has 2 aromatic carbocycles. The van der Waals surface area contributed by atoms with Gasteiger partial charge in [-0.15, -0.1) is 10.2 Å². The van der Waals surface area contributed by atoms with Gasteiger partial charge in [0.15, 0.2) is 5.82 Å². The SMILES string of the molecule is COc1cccc(CSc2nnc(COc3ccc(F)cc3)n2N)c1. The molecule has 0 saturated carbocycles. The Kier molecular flexibility index (Phi) is 5.39. The Balaban J connectivity index is 1.59. The van der Waals surface area contributed by atoms with E-state index in [0.29, 0.717) is 22.5 Å². The molecule has 0 unspecified atom stereocenters. The lowest BCUT2D eigenvalue weighted by atomic mass is 10.2. The van der Waals surface area contributed by atoms with Crippen molar-refractivity contribution in [3.63, 3.8) is 0 Å². The molecule has 0 atom stereocenters. The first kappa shape index (κ1) is 17.1. The lowest BCUT2D eigenvalue weighted by Crippen LogP contribution is -2.15. The maximum absolute atomic E-state index is 12.9. The third kappa shape index (κ3) is 4.42. The second-order valence-electron chi connectivity index (χ2n) is 5.15. The number of benzene rings is 2. The van der Waals surface area contributed by atoms with Crippen LogP contribution in [-0.4, -0.2) is 22.0 Å². The summed E-state index contributed by atoms with van der Waals surface area (Å²) in [6.45, 7) is 0.148. The van der Waals surface area contributed by atoms with Crippen LogP contribution in [0.4, 0.5) is 4.39 Å². The van der Waals surface area contributed by atoms with Gasteiger partial charge in [0.25, 0.3) is 0 Å². The zero-order valence-electron chi connectivity index (χ0n) is 13.6. The van der Waals surface area contributed by atoms with E-state index in [4.69, 9.17) is 15.3 Å². The van der Waals surface area contributed by atoms with Crippen molar-refractivity contribution in [3.8, 4) is 11.5 Å². The smallest absolute Gasteiger partial charge is 0.210 e. The van der Waals surface area contributed by atoms with Crippen molar-refractivity contribution in [1.29, 1.82) is 0 Å². The summed E-state index contributed by atoms with van der Waals surface area (Å²) in [5.41, 5.74) is 1.09. The number of aromatic nitrogens is 3. The second-order valence-corrected chi connectivity index (χ2v) is 6.09. The lowest BCUT2D eigenvalue weighted by molar-refractivity contribution is 0.291. The Morgan fingerprint density at radius 2 is 1.92 bits per heavy atom. The van der Waals surface area contributed by atoms with E-state index in [2.05, 4.69) is 10.2 Å². The molecule has 25 heavy (non-hydrogen) atoms. The van der Waals surface area contributed by atoms with Gasteiger partial charge in [-0.1, -0.05) is 23.9 Å². The number of nitrogens with two attached hydrogens (primary N) is 1. The van der Waals surface area contributed by atoms with E-state index >= 15 is 0 Å². The van der Waals surface area contributed by atoms with Crippen LogP contribution in [0.25, 0.3) is 0 Å². The molecule has 1 aromatic heterocycles. The van der Waals surface area contributed by atoms with Gasteiger partial charge in [-0.2, -0.15) is 0 Å². The molecule has 8 heteroatoms. The molecule has 0 aliphatic carbocycles. The monoisotopic (exact) mass is 360 g/mol. The molecule has 3 aromatic rings. The molecular formula is C17H17FN4O2S. The summed E-state index contributed by atoms with van der Waals surface area (Å²) in [6, 6.07) is 13.5. The molecule has 0 saturated heterocycles. The Morgan fingerprint density at radius 1 is 1.12 bits per heavy atom. The summed E-state index contributed by atoms with van der Waals surface area (Å²) < 4.78 is 25.0. The fourth-order valence-electron chi connectivity index (χ4n) is 2.09. The van der Waals surface area contributed by atoms with E-state index in [1.54, 1.807) is 19.2 Å². The summed E-state index contributed by atoms with van der Waals surface area (Å²) in [4.78, 5) is 0. The fourth-order valence-corrected chi connectivity index (χ4v) is 2.91. The Hall–Kier alpha value is -2.74. The van der Waals surface area contributed by atoms with Crippen LogP contribution in [-0.2, 0) is 12.4 Å². The van der Waals surface area contributed by atoms with Crippen molar-refractivity contribution in [2.75, 3.05) is 13.0 Å². The zero-order chi connectivity index (χ0) is 17.6. The molecule has 0 fully saturated rings. The van der Waals surface area contributed by atoms with Crippen molar-refractivity contribution < 1.29 is 13.9 Å². The zero-order valence-corrected chi connectivity index (χ0v) is 14.4. The minimum absolute atomic E-state index is 0.148. The number of hydrogen-bond donors (Lipinski definition) is 1. The lowest BCUT2D eigenvalue weighted by Gasteiger charge is -2.07. The first-order valence-electron chi connectivity index (χ1n) is 7.49. The normalized spacial score (nSPS) is 10.6. The van der Waals surface area contributed by atoms with Gasteiger partial charge in [0.2, 0.25) is 5.16 Å². The number of thioether (sulfide) groups is 1. The van der Waals surface area contributed by atoms with Crippen LogP contribution in [0, 0.1) is 5.82 Å². The third-order valence-corrected chi connectivity index (χ3v) is 4.43. The summed E-state index contributed by atoms with van der Waals surface area (Å²) in [6.07, 6.45) is 0. The van der Waals surface area contributed by atoms with Gasteiger partial charge in [-0.25, -0.2) is 9.07 Å². The summed E-state index contributed by atoms with van der Waals surface area (Å²) >= 11 is 1.47. The van der Waals surface area contributed by atoms with E-state index in [0.717, 1.165) is 11.3 Å². The van der Waals surface area contributed by atoms with Gasteiger partial charge in [-0.05, 0) is 42.0 Å². The summed E-state index contributed by atoms with van der Waals surface area (Å²) in [5, 5.41) is 8.70. The Labute approximate surface area is 148 Å². The molecule has 130 valence electrons. The van der Waals surface area contributed by atoms with Crippen molar-refractivity contribution in [3.05, 3.63) is 65.7 Å².